The van der Waals surface area contributed by atoms with Crippen LogP contribution in [-0.4, -0.2) is 36.4 Å². The minimum Gasteiger partial charge on any atom is -0.657 e. The first-order valence-corrected chi connectivity index (χ1v) is 60.5. The molecule has 0 saturated carbocycles. The van der Waals surface area contributed by atoms with Crippen LogP contribution in [0.2, 0.25) is 0 Å². The van der Waals surface area contributed by atoms with Gasteiger partial charge in [0.05, 0.1) is 49.2 Å². The van der Waals surface area contributed by atoms with Crippen molar-refractivity contribution in [2.45, 2.75) is 541 Å². The fraction of sp³-hybridized carbons (Fsp3) is 0.667. The van der Waals surface area contributed by atoms with Gasteiger partial charge in [-0.15, -0.1) is 22.1 Å². The smallest absolute Gasteiger partial charge is 0.657 e. The Kier molecular flexibility index (Phi) is 69.0. The molecule has 0 N–H and O–H groups in total. The largest absolute Gasteiger partial charge is 2.00 e. The minimum atomic E-state index is 0. The van der Waals surface area contributed by atoms with Gasteiger partial charge in [0.15, 0.2) is 0 Å². The molecular weight excluding hydrogens is 1770 g/mol. The van der Waals surface area contributed by atoms with Gasteiger partial charge in [0.2, 0.25) is 0 Å². The van der Waals surface area contributed by atoms with Gasteiger partial charge in [-0.25, -0.2) is 9.97 Å². The summed E-state index contributed by atoms with van der Waals surface area (Å²) in [5.41, 5.74) is 14.6. The Morgan fingerprint density at radius 3 is 0.404 bits per heavy atom. The Hall–Kier alpha value is -6.70. The van der Waals surface area contributed by atoms with Crippen LogP contribution in [0.3, 0.4) is 0 Å². The second kappa shape index (κ2) is 81.4. The number of benzene rings is 4. The Morgan fingerprint density at radius 1 is 0.156 bits per heavy atom. The zero-order valence-corrected chi connectivity index (χ0v) is 94.3. The third-order valence-electron chi connectivity index (χ3n) is 30.2. The van der Waals surface area contributed by atoms with Gasteiger partial charge in [0.25, 0.3) is 0 Å². The van der Waals surface area contributed by atoms with Crippen LogP contribution in [0.15, 0.2) is 121 Å². The topological polar surface area (TPSA) is 90.9 Å². The zero-order chi connectivity index (χ0) is 97.6. The molecule has 778 valence electrons. The van der Waals surface area contributed by atoms with Crippen LogP contribution in [-0.2, 0) is 19.5 Å². The number of ether oxygens (including phenoxy) is 4. The molecule has 8 nitrogen and oxygen atoms in total. The molecule has 0 spiro atoms. The summed E-state index contributed by atoms with van der Waals surface area (Å²) < 4.78 is 26.1. The first kappa shape index (κ1) is 120. The molecule has 0 amide bonds. The van der Waals surface area contributed by atoms with E-state index in [1.54, 1.807) is 0 Å². The summed E-state index contributed by atoms with van der Waals surface area (Å²) in [5.74, 6) is 3.53. The first-order valence-electron chi connectivity index (χ1n) is 60.5. The normalized spacial score (nSPS) is 11.8. The number of nitrogens with zero attached hydrogens (tertiary/aromatic N) is 4. The predicted molar refractivity (Wildman–Crippen MR) is 613 cm³/mol. The van der Waals surface area contributed by atoms with Crippen LogP contribution in [0.5, 0.6) is 23.0 Å². The zero-order valence-electron chi connectivity index (χ0n) is 91.4. The molecule has 0 atom stereocenters. The fourth-order valence-corrected chi connectivity index (χ4v) is 21.3. The number of hydrogen-bond donors (Lipinski definition) is 0. The second-order valence-corrected chi connectivity index (χ2v) is 42.7. The van der Waals surface area contributed by atoms with Crippen LogP contribution in [0.4, 0.5) is 0 Å². The summed E-state index contributed by atoms with van der Waals surface area (Å²) in [6, 6.07) is 43.5. The first-order chi connectivity index (χ1) is 69.5. The molecule has 0 aliphatic carbocycles. The average Bonchev–Trinajstić information content (AvgIpc) is 1.61. The Morgan fingerprint density at radius 2 is 0.277 bits per heavy atom. The third kappa shape index (κ3) is 52.5. The van der Waals surface area contributed by atoms with E-state index in [4.69, 9.17) is 38.9 Å². The third-order valence-corrected chi connectivity index (χ3v) is 30.2. The summed E-state index contributed by atoms with van der Waals surface area (Å²) in [5, 5.41) is 0. The van der Waals surface area contributed by atoms with E-state index >= 15 is 0 Å². The SMILES string of the molecule is CCCCCCCCCCCCCCCCCCCCCCOc1ccc(-c2c3nc(c(-c4ccc(OCCCCCCCCCCCCCCCCCCCCCC)cc4)c4ccc([n-]4)c(-c4ccc(OCCCCCCCCCCCCCCCCCCCCCC)cc4)c4nc(c(-c5ccc(OCCCCCCCCCCCCCCCCCCCCCC)cc5)c5ccc2[n-]5)C=C4)C=C3)cc1.[Zn+2]. The van der Waals surface area contributed by atoms with E-state index in [2.05, 4.69) is 173 Å². The predicted octanol–water partition coefficient (Wildman–Crippen LogP) is 43.4. The molecule has 7 aromatic rings. The van der Waals surface area contributed by atoms with Gasteiger partial charge in [0.1, 0.15) is 23.0 Å². The van der Waals surface area contributed by atoms with Gasteiger partial charge in [0, 0.05) is 0 Å². The average molecular weight is 1980 g/mol. The van der Waals surface area contributed by atoms with Gasteiger partial charge in [-0.3, -0.25) is 0 Å². The maximum Gasteiger partial charge on any atom is 2.00 e. The van der Waals surface area contributed by atoms with Gasteiger partial charge in [-0.05, 0) is 143 Å². The van der Waals surface area contributed by atoms with E-state index < -0.39 is 0 Å². The van der Waals surface area contributed by atoms with Gasteiger partial charge in [-0.2, -0.15) is 0 Å². The van der Waals surface area contributed by atoms with Crippen molar-refractivity contribution >= 4 is 46.4 Å². The molecule has 3 aromatic heterocycles. The summed E-state index contributed by atoms with van der Waals surface area (Å²) >= 11 is 0. The molecule has 2 aliphatic rings. The van der Waals surface area contributed by atoms with Crippen molar-refractivity contribution in [1.29, 1.82) is 0 Å². The van der Waals surface area contributed by atoms with E-state index in [1.165, 1.54) is 488 Å². The maximum atomic E-state index is 6.54. The molecule has 0 unspecified atom stereocenters. The number of aromatic nitrogens is 4. The van der Waals surface area contributed by atoms with Crippen molar-refractivity contribution < 1.29 is 38.4 Å². The quantitative estimate of drug-likeness (QED) is 0.0275. The van der Waals surface area contributed by atoms with E-state index in [0.29, 0.717) is 26.4 Å². The molecule has 8 bridgehead atoms. The molecule has 0 saturated heterocycles. The summed E-state index contributed by atoms with van der Waals surface area (Å²) in [7, 11) is 0. The molecule has 5 heterocycles. The summed E-state index contributed by atoms with van der Waals surface area (Å²) in [6.07, 6.45) is 119. The monoisotopic (exact) mass is 1970 g/mol. The van der Waals surface area contributed by atoms with Crippen molar-refractivity contribution in [2.24, 2.45) is 0 Å². The standard InChI is InChI=1S/C132H204N4O4.Zn/c1-5-9-13-17-21-25-29-33-37-41-45-49-53-57-61-65-69-73-77-81-109-137-117-93-85-113(86-94-117)129-121-101-103-123(133-121)130(114-87-95-118(96-88-114)138-110-82-78-74-70-66-62-58-54-50-46-42-38-34-30-26-22-18-14-10-6-2)125-105-107-127(135-125)132(116-91-99-120(100-92-116)140-112-84-80-76-72-68-64-60-56-52-48-44-40-36-32-28-24-20-16-12-8-4)128-108-106-126(136-128)131(124-104-102-122(129)134-124)115-89-97-119(98-90-115)139-111-83-79-75-71-67-63-59-55-51-47-43-39-35-31-27-23-19-15-11-7-3;/h85-108H,5-84,109-112H2,1-4H3;/q-2;+2. The van der Waals surface area contributed by atoms with Crippen molar-refractivity contribution in [2.75, 3.05) is 26.4 Å². The van der Waals surface area contributed by atoms with Crippen LogP contribution < -0.4 is 28.9 Å². The Balaban J connectivity index is 0.0000243. The second-order valence-electron chi connectivity index (χ2n) is 42.7. The molecular formula is C132H204N4O4Zn. The van der Waals surface area contributed by atoms with Crippen LogP contribution in [0, 0.1) is 0 Å². The number of rotatable bonds is 92. The Bertz CT molecular complexity index is 3850. The molecule has 9 heteroatoms. The van der Waals surface area contributed by atoms with Crippen molar-refractivity contribution in [1.82, 2.24) is 19.9 Å². The molecule has 2 aliphatic heterocycles. The van der Waals surface area contributed by atoms with E-state index in [0.717, 1.165) is 138 Å². The van der Waals surface area contributed by atoms with Crippen molar-refractivity contribution in [3.05, 3.63) is 144 Å². The minimum absolute atomic E-state index is 0. The van der Waals surface area contributed by atoms with Gasteiger partial charge >= 0.3 is 19.5 Å². The van der Waals surface area contributed by atoms with Crippen molar-refractivity contribution in [3.63, 3.8) is 0 Å². The maximum absolute atomic E-state index is 6.54. The number of hydrogen-bond acceptors (Lipinski definition) is 6. The van der Waals surface area contributed by atoms with E-state index in [1.807, 2.05) is 0 Å². The molecule has 0 fully saturated rings. The number of fused-ring (bicyclic) bond motifs is 8. The molecule has 0 radical (unpaired) electrons. The molecule has 9 rings (SSSR count). The van der Waals surface area contributed by atoms with Crippen LogP contribution >= 0.6 is 0 Å². The Labute approximate surface area is 877 Å². The van der Waals surface area contributed by atoms with Crippen LogP contribution in [0.1, 0.15) is 564 Å². The molecule has 141 heavy (non-hydrogen) atoms. The van der Waals surface area contributed by atoms with E-state index in [9.17, 15) is 0 Å². The van der Waals surface area contributed by atoms with Crippen LogP contribution in [0.25, 0.3) is 90.9 Å². The van der Waals surface area contributed by atoms with Gasteiger partial charge < -0.3 is 28.9 Å². The van der Waals surface area contributed by atoms with E-state index in [-0.39, 0.29) is 19.5 Å². The summed E-state index contributed by atoms with van der Waals surface area (Å²) in [4.78, 5) is 22.8. The van der Waals surface area contributed by atoms with Gasteiger partial charge in [-0.1, -0.05) is 588 Å². The van der Waals surface area contributed by atoms with Crippen molar-refractivity contribution in [3.8, 4) is 67.5 Å². The number of unbranched alkanes of at least 4 members (excludes halogenated alkanes) is 76. The summed E-state index contributed by atoms with van der Waals surface area (Å²) in [6.45, 7) is 12.1. The molecule has 4 aromatic carbocycles. The fourth-order valence-electron chi connectivity index (χ4n) is 21.3.